The fourth-order valence-corrected chi connectivity index (χ4v) is 4.29. The van der Waals surface area contributed by atoms with Crippen molar-refractivity contribution < 1.29 is 17.7 Å². The van der Waals surface area contributed by atoms with Gasteiger partial charge in [0.25, 0.3) is 0 Å². The van der Waals surface area contributed by atoms with Crippen molar-refractivity contribution in [1.29, 1.82) is 0 Å². The topological polar surface area (TPSA) is 72.6 Å². The number of nitrogens with zero attached hydrogens (tertiary/aromatic N) is 2. The van der Waals surface area contributed by atoms with Gasteiger partial charge in [-0.2, -0.15) is 4.31 Å². The molecule has 6 nitrogen and oxygen atoms in total. The van der Waals surface area contributed by atoms with Gasteiger partial charge in [-0.15, -0.1) is 0 Å². The van der Waals surface area contributed by atoms with Crippen LogP contribution in [0.4, 0.5) is 0 Å². The summed E-state index contributed by atoms with van der Waals surface area (Å²) in [6.07, 6.45) is 1.75. The molecule has 2 aromatic rings. The zero-order chi connectivity index (χ0) is 18.6. The minimum absolute atomic E-state index is 0.152. The number of rotatable bonds is 8. The van der Waals surface area contributed by atoms with Gasteiger partial charge in [-0.3, -0.25) is 0 Å². The van der Waals surface area contributed by atoms with Crippen LogP contribution < -0.4 is 4.74 Å². The number of hydrogen-bond acceptors (Lipinski definition) is 5. The van der Waals surface area contributed by atoms with Crippen molar-refractivity contribution in [3.8, 4) is 17.1 Å². The van der Waals surface area contributed by atoms with E-state index in [1.54, 1.807) is 18.2 Å². The lowest BCUT2D eigenvalue weighted by atomic mass is 10.1. The van der Waals surface area contributed by atoms with E-state index in [0.29, 0.717) is 30.2 Å². The molecule has 0 aliphatic rings. The van der Waals surface area contributed by atoms with E-state index in [4.69, 9.17) is 9.26 Å². The molecule has 138 valence electrons. The number of aromatic nitrogens is 1. The Morgan fingerprint density at radius 1 is 1.24 bits per heavy atom. The number of methoxy groups -OCH3 is 1. The highest BCUT2D eigenvalue weighted by molar-refractivity contribution is 7.89. The quantitative estimate of drug-likeness (QED) is 0.711. The van der Waals surface area contributed by atoms with Gasteiger partial charge in [0.2, 0.25) is 10.0 Å². The third-order valence-electron chi connectivity index (χ3n) is 4.31. The van der Waals surface area contributed by atoms with Gasteiger partial charge in [0, 0.05) is 24.2 Å². The van der Waals surface area contributed by atoms with E-state index in [1.807, 2.05) is 27.7 Å². The van der Waals surface area contributed by atoms with Crippen molar-refractivity contribution >= 4 is 10.0 Å². The van der Waals surface area contributed by atoms with Gasteiger partial charge in [0.05, 0.1) is 12.8 Å². The van der Waals surface area contributed by atoms with Crippen molar-refractivity contribution in [2.45, 2.75) is 45.4 Å². The van der Waals surface area contributed by atoms with Crippen molar-refractivity contribution in [1.82, 2.24) is 9.46 Å². The molecule has 0 aliphatic carbocycles. The molecule has 0 N–H and O–H groups in total. The highest BCUT2D eigenvalue weighted by atomic mass is 32.2. The normalized spacial score (nSPS) is 11.9. The van der Waals surface area contributed by atoms with Gasteiger partial charge in [-0.1, -0.05) is 25.4 Å². The number of hydrogen-bond donors (Lipinski definition) is 0. The summed E-state index contributed by atoms with van der Waals surface area (Å²) in [7, 11) is -2.18. The van der Waals surface area contributed by atoms with Gasteiger partial charge in [-0.25, -0.2) is 8.42 Å². The lowest BCUT2D eigenvalue weighted by molar-refractivity contribution is 0.390. The molecule has 0 bridgehead atoms. The Labute approximate surface area is 149 Å². The molecule has 1 aromatic heterocycles. The standard InChI is InChI=1S/C18H26N2O4S/c1-6-8-11-20(7-2)25(21,22)17-12-15(9-10-16(17)23-5)18-13(3)14(4)19-24-18/h9-10,12H,6-8,11H2,1-5H3. The van der Waals surface area contributed by atoms with E-state index in [-0.39, 0.29) is 4.90 Å². The summed E-state index contributed by atoms with van der Waals surface area (Å²) >= 11 is 0. The Morgan fingerprint density at radius 3 is 2.48 bits per heavy atom. The van der Waals surface area contributed by atoms with Crippen molar-refractivity contribution in [2.24, 2.45) is 0 Å². The molecule has 1 aromatic carbocycles. The molecular weight excluding hydrogens is 340 g/mol. The van der Waals surface area contributed by atoms with Gasteiger partial charge >= 0.3 is 0 Å². The molecule has 0 atom stereocenters. The molecule has 0 saturated carbocycles. The monoisotopic (exact) mass is 366 g/mol. The van der Waals surface area contributed by atoms with Crippen LogP contribution in [0.25, 0.3) is 11.3 Å². The number of sulfonamides is 1. The van der Waals surface area contributed by atoms with Crippen LogP contribution in [0.1, 0.15) is 37.9 Å². The maximum Gasteiger partial charge on any atom is 0.246 e. The first kappa shape index (κ1) is 19.5. The van der Waals surface area contributed by atoms with Crippen LogP contribution in [0.15, 0.2) is 27.6 Å². The summed E-state index contributed by atoms with van der Waals surface area (Å²) in [6, 6.07) is 5.05. The molecule has 0 spiro atoms. The summed E-state index contributed by atoms with van der Waals surface area (Å²) in [5, 5.41) is 3.95. The minimum Gasteiger partial charge on any atom is -0.495 e. The van der Waals surface area contributed by atoms with Crippen LogP contribution in [0, 0.1) is 13.8 Å². The highest BCUT2D eigenvalue weighted by Crippen LogP contribution is 2.33. The number of aryl methyl sites for hydroxylation is 1. The molecule has 7 heteroatoms. The molecule has 25 heavy (non-hydrogen) atoms. The second-order valence-electron chi connectivity index (χ2n) is 5.94. The Bertz CT molecular complexity index is 828. The first-order valence-corrected chi connectivity index (χ1v) is 9.92. The molecule has 1 heterocycles. The fraction of sp³-hybridized carbons (Fsp3) is 0.500. The smallest absolute Gasteiger partial charge is 0.246 e. The Hall–Kier alpha value is -1.86. The predicted molar refractivity (Wildman–Crippen MR) is 97.3 cm³/mol. The fourth-order valence-electron chi connectivity index (χ4n) is 2.63. The van der Waals surface area contributed by atoms with E-state index in [2.05, 4.69) is 5.16 Å². The van der Waals surface area contributed by atoms with Crippen LogP contribution in [0.2, 0.25) is 0 Å². The molecule has 0 saturated heterocycles. The summed E-state index contributed by atoms with van der Waals surface area (Å²) in [4.78, 5) is 0.152. The highest BCUT2D eigenvalue weighted by Gasteiger charge is 2.27. The Balaban J connectivity index is 2.55. The summed E-state index contributed by atoms with van der Waals surface area (Å²) < 4.78 is 38.4. The molecule has 0 fully saturated rings. The third kappa shape index (κ3) is 3.88. The van der Waals surface area contributed by atoms with Crippen LogP contribution in [0.5, 0.6) is 5.75 Å². The minimum atomic E-state index is -3.66. The van der Waals surface area contributed by atoms with Crippen LogP contribution in [-0.2, 0) is 10.0 Å². The second-order valence-corrected chi connectivity index (χ2v) is 7.84. The second kappa shape index (κ2) is 8.01. The van der Waals surface area contributed by atoms with Crippen LogP contribution in [-0.4, -0.2) is 38.1 Å². The van der Waals surface area contributed by atoms with Crippen molar-refractivity contribution in [3.05, 3.63) is 29.5 Å². The van der Waals surface area contributed by atoms with Gasteiger partial charge in [0.15, 0.2) is 5.76 Å². The SMILES string of the molecule is CCCCN(CC)S(=O)(=O)c1cc(-c2onc(C)c2C)ccc1OC. The molecule has 2 rings (SSSR count). The predicted octanol–water partition coefficient (Wildman–Crippen LogP) is 3.78. The Kier molecular flexibility index (Phi) is 6.24. The van der Waals surface area contributed by atoms with Crippen LogP contribution in [0.3, 0.4) is 0 Å². The lowest BCUT2D eigenvalue weighted by Crippen LogP contribution is -2.32. The number of benzene rings is 1. The van der Waals surface area contributed by atoms with Crippen LogP contribution >= 0.6 is 0 Å². The number of unbranched alkanes of at least 4 members (excludes halogenated alkanes) is 1. The number of ether oxygens (including phenoxy) is 1. The molecule has 0 unspecified atom stereocenters. The third-order valence-corrected chi connectivity index (χ3v) is 6.31. The van der Waals surface area contributed by atoms with E-state index in [0.717, 1.165) is 24.1 Å². The first-order valence-electron chi connectivity index (χ1n) is 8.48. The summed E-state index contributed by atoms with van der Waals surface area (Å²) in [6.45, 7) is 8.54. The average Bonchev–Trinajstić information content (AvgIpc) is 2.94. The van der Waals surface area contributed by atoms with Gasteiger partial charge in [0.1, 0.15) is 10.6 Å². The molecular formula is C18H26N2O4S. The first-order chi connectivity index (χ1) is 11.9. The van der Waals surface area contributed by atoms with Crippen molar-refractivity contribution in [2.75, 3.05) is 20.2 Å². The van der Waals surface area contributed by atoms with E-state index < -0.39 is 10.0 Å². The molecule has 0 radical (unpaired) electrons. The largest absolute Gasteiger partial charge is 0.495 e. The lowest BCUT2D eigenvalue weighted by Gasteiger charge is -2.22. The van der Waals surface area contributed by atoms with E-state index in [1.165, 1.54) is 11.4 Å². The van der Waals surface area contributed by atoms with Gasteiger partial charge in [-0.05, 0) is 38.5 Å². The summed E-state index contributed by atoms with van der Waals surface area (Å²) in [5.74, 6) is 0.904. The van der Waals surface area contributed by atoms with Gasteiger partial charge < -0.3 is 9.26 Å². The molecule has 0 aliphatic heterocycles. The summed E-state index contributed by atoms with van der Waals surface area (Å²) in [5.41, 5.74) is 2.35. The van der Waals surface area contributed by atoms with Crippen molar-refractivity contribution in [3.63, 3.8) is 0 Å². The maximum absolute atomic E-state index is 13.1. The average molecular weight is 366 g/mol. The maximum atomic E-state index is 13.1. The zero-order valence-electron chi connectivity index (χ0n) is 15.5. The van der Waals surface area contributed by atoms with E-state index >= 15 is 0 Å². The Morgan fingerprint density at radius 2 is 1.96 bits per heavy atom. The van der Waals surface area contributed by atoms with E-state index in [9.17, 15) is 8.42 Å². The zero-order valence-corrected chi connectivity index (χ0v) is 16.3. The molecule has 0 amide bonds.